The number of esters is 1. The molecular weight excluding hydrogens is 221 g/mol. The Balaban J connectivity index is 0.00000144. The summed E-state index contributed by atoms with van der Waals surface area (Å²) in [7, 11) is 0. The van der Waals surface area contributed by atoms with Crippen molar-refractivity contribution in [1.82, 2.24) is 0 Å². The first-order valence-corrected chi connectivity index (χ1v) is 4.12. The van der Waals surface area contributed by atoms with Gasteiger partial charge in [0.15, 0.2) is 0 Å². The van der Waals surface area contributed by atoms with Crippen LogP contribution in [0.4, 0.5) is 0 Å². The Kier molecular flexibility index (Phi) is 4.24. The second kappa shape index (κ2) is 4.32. The molecule has 0 aromatic rings. The number of ketones is 1. The third-order valence-electron chi connectivity index (χ3n) is 1.80. The maximum Gasteiger partial charge on any atom is 0.311 e. The van der Waals surface area contributed by atoms with Crippen LogP contribution in [0.3, 0.4) is 0 Å². The largest absolute Gasteiger partial charge is 0.461 e. The number of ether oxygens (including phenoxy) is 1. The van der Waals surface area contributed by atoms with E-state index in [-0.39, 0.29) is 37.3 Å². The molecule has 0 heterocycles. The molecule has 3 nitrogen and oxygen atoms in total. The molecule has 0 aromatic heterocycles. The van der Waals surface area contributed by atoms with E-state index in [1.807, 2.05) is 0 Å². The molecular formula is C9H14O3Zn. The first-order valence-electron chi connectivity index (χ1n) is 4.12. The van der Waals surface area contributed by atoms with E-state index in [1.54, 1.807) is 20.8 Å². The van der Waals surface area contributed by atoms with E-state index in [2.05, 4.69) is 0 Å². The van der Waals surface area contributed by atoms with Gasteiger partial charge in [0.2, 0.25) is 0 Å². The third-order valence-corrected chi connectivity index (χ3v) is 1.80. The molecule has 1 fully saturated rings. The van der Waals surface area contributed by atoms with Crippen molar-refractivity contribution < 1.29 is 33.8 Å². The topological polar surface area (TPSA) is 43.4 Å². The van der Waals surface area contributed by atoms with Gasteiger partial charge in [0, 0.05) is 32.3 Å². The summed E-state index contributed by atoms with van der Waals surface area (Å²) in [5.41, 5.74) is -0.460. The van der Waals surface area contributed by atoms with Crippen molar-refractivity contribution in [2.24, 2.45) is 5.41 Å². The molecule has 0 saturated heterocycles. The van der Waals surface area contributed by atoms with Gasteiger partial charge < -0.3 is 4.74 Å². The van der Waals surface area contributed by atoms with Crippen molar-refractivity contribution in [3.8, 4) is 0 Å². The SMILES string of the molecule is CC(C)(C)C(=O)OC1CC(=O)C1.[Zn]. The van der Waals surface area contributed by atoms with Gasteiger partial charge in [-0.25, -0.2) is 0 Å². The van der Waals surface area contributed by atoms with Crippen LogP contribution in [0.25, 0.3) is 0 Å². The van der Waals surface area contributed by atoms with Gasteiger partial charge in [-0.15, -0.1) is 0 Å². The molecule has 70 valence electrons. The van der Waals surface area contributed by atoms with Crippen molar-refractivity contribution in [3.63, 3.8) is 0 Å². The standard InChI is InChI=1S/C9H14O3.Zn/c1-9(2,3)8(11)12-7-4-6(10)5-7;/h7H,4-5H2,1-3H3;. The van der Waals surface area contributed by atoms with E-state index in [4.69, 9.17) is 4.74 Å². The second-order valence-electron chi connectivity index (χ2n) is 4.22. The fourth-order valence-electron chi connectivity index (χ4n) is 0.860. The predicted octanol–water partition coefficient (Wildman–Crippen LogP) is 1.30. The molecule has 0 atom stereocenters. The van der Waals surface area contributed by atoms with Gasteiger partial charge in [-0.2, -0.15) is 0 Å². The summed E-state index contributed by atoms with van der Waals surface area (Å²) in [5, 5.41) is 0. The van der Waals surface area contributed by atoms with Gasteiger partial charge in [0.25, 0.3) is 0 Å². The number of Topliss-reactive ketones (excluding diaryl/α,β-unsaturated/α-hetero) is 1. The van der Waals surface area contributed by atoms with Gasteiger partial charge >= 0.3 is 5.97 Å². The molecule has 0 aliphatic heterocycles. The van der Waals surface area contributed by atoms with E-state index in [0.717, 1.165) is 0 Å². The Morgan fingerprint density at radius 3 is 2.15 bits per heavy atom. The average Bonchev–Trinajstić information content (AvgIpc) is 1.82. The van der Waals surface area contributed by atoms with E-state index in [0.29, 0.717) is 12.8 Å². The zero-order valence-electron chi connectivity index (χ0n) is 8.42. The number of carbonyl (C=O) groups excluding carboxylic acids is 2. The first kappa shape index (κ1) is 12.8. The van der Waals surface area contributed by atoms with Crippen LogP contribution in [0.1, 0.15) is 33.6 Å². The van der Waals surface area contributed by atoms with Crippen molar-refractivity contribution >= 4 is 11.8 Å². The van der Waals surface area contributed by atoms with Crippen LogP contribution in [0.5, 0.6) is 0 Å². The first-order chi connectivity index (χ1) is 5.39. The fourth-order valence-corrected chi connectivity index (χ4v) is 0.860. The minimum Gasteiger partial charge on any atom is -0.461 e. The summed E-state index contributed by atoms with van der Waals surface area (Å²) in [6.45, 7) is 5.40. The number of carbonyl (C=O) groups is 2. The molecule has 0 radical (unpaired) electrons. The average molecular weight is 236 g/mol. The summed E-state index contributed by atoms with van der Waals surface area (Å²) in [5.74, 6) is -0.0401. The third kappa shape index (κ3) is 3.55. The Hall–Kier alpha value is -0.237. The van der Waals surface area contributed by atoms with E-state index >= 15 is 0 Å². The fraction of sp³-hybridized carbons (Fsp3) is 0.778. The van der Waals surface area contributed by atoms with Crippen molar-refractivity contribution in [3.05, 3.63) is 0 Å². The molecule has 0 unspecified atom stereocenters. The van der Waals surface area contributed by atoms with Gasteiger partial charge in [-0.3, -0.25) is 9.59 Å². The van der Waals surface area contributed by atoms with Crippen molar-refractivity contribution in [2.75, 3.05) is 0 Å². The quantitative estimate of drug-likeness (QED) is 0.508. The molecule has 4 heteroatoms. The molecule has 0 bridgehead atoms. The van der Waals surface area contributed by atoms with Crippen LogP contribution in [-0.4, -0.2) is 17.9 Å². The molecule has 1 aliphatic carbocycles. The molecule has 0 aromatic carbocycles. The molecule has 0 amide bonds. The normalized spacial score (nSPS) is 17.3. The maximum atomic E-state index is 11.2. The monoisotopic (exact) mass is 234 g/mol. The van der Waals surface area contributed by atoms with Crippen molar-refractivity contribution in [2.45, 2.75) is 39.7 Å². The van der Waals surface area contributed by atoms with Gasteiger partial charge in [0.1, 0.15) is 11.9 Å². The van der Waals surface area contributed by atoms with Crippen LogP contribution in [-0.2, 0) is 33.8 Å². The molecule has 0 spiro atoms. The summed E-state index contributed by atoms with van der Waals surface area (Å²) < 4.78 is 5.06. The van der Waals surface area contributed by atoms with Gasteiger partial charge in [-0.1, -0.05) is 0 Å². The summed E-state index contributed by atoms with van der Waals surface area (Å²) in [6.07, 6.45) is 0.660. The number of hydrogen-bond donors (Lipinski definition) is 0. The molecule has 1 aliphatic rings. The summed E-state index contributed by atoms with van der Waals surface area (Å²) in [4.78, 5) is 21.8. The Morgan fingerprint density at radius 2 is 1.85 bits per heavy atom. The minimum atomic E-state index is -0.460. The number of rotatable bonds is 1. The molecule has 1 rings (SSSR count). The second-order valence-corrected chi connectivity index (χ2v) is 4.22. The van der Waals surface area contributed by atoms with Crippen LogP contribution in [0.2, 0.25) is 0 Å². The number of hydrogen-bond acceptors (Lipinski definition) is 3. The zero-order valence-corrected chi connectivity index (χ0v) is 11.4. The smallest absolute Gasteiger partial charge is 0.311 e. The van der Waals surface area contributed by atoms with Crippen LogP contribution in [0, 0.1) is 5.41 Å². The predicted molar refractivity (Wildman–Crippen MR) is 43.6 cm³/mol. The van der Waals surface area contributed by atoms with E-state index in [1.165, 1.54) is 0 Å². The Bertz CT molecular complexity index is 209. The maximum absolute atomic E-state index is 11.2. The zero-order chi connectivity index (χ0) is 9.35. The Morgan fingerprint density at radius 1 is 1.38 bits per heavy atom. The van der Waals surface area contributed by atoms with Crippen LogP contribution < -0.4 is 0 Å². The minimum absolute atomic E-state index is 0. The van der Waals surface area contributed by atoms with Crippen molar-refractivity contribution in [1.29, 1.82) is 0 Å². The van der Waals surface area contributed by atoms with Gasteiger partial charge in [0.05, 0.1) is 5.41 Å². The summed E-state index contributed by atoms with van der Waals surface area (Å²) >= 11 is 0. The van der Waals surface area contributed by atoms with E-state index < -0.39 is 5.41 Å². The van der Waals surface area contributed by atoms with Crippen LogP contribution in [0.15, 0.2) is 0 Å². The van der Waals surface area contributed by atoms with E-state index in [9.17, 15) is 9.59 Å². The Labute approximate surface area is 91.0 Å². The summed E-state index contributed by atoms with van der Waals surface area (Å²) in [6, 6.07) is 0. The van der Waals surface area contributed by atoms with Crippen LogP contribution >= 0.6 is 0 Å². The molecule has 13 heavy (non-hydrogen) atoms. The molecule has 0 N–H and O–H groups in total. The molecule has 1 saturated carbocycles. The van der Waals surface area contributed by atoms with Gasteiger partial charge in [-0.05, 0) is 20.8 Å².